The Kier molecular flexibility index (Phi) is 2.51. The van der Waals surface area contributed by atoms with Crippen molar-refractivity contribution >= 4 is 11.8 Å². The molecule has 0 saturated heterocycles. The van der Waals surface area contributed by atoms with Gasteiger partial charge >= 0.3 is 5.97 Å². The summed E-state index contributed by atoms with van der Waals surface area (Å²) in [5.41, 5.74) is -0.992. The van der Waals surface area contributed by atoms with Gasteiger partial charge in [0.15, 0.2) is 0 Å². The van der Waals surface area contributed by atoms with Crippen LogP contribution >= 0.6 is 0 Å². The topological polar surface area (TPSA) is 62.2 Å². The molecule has 0 spiro atoms. The van der Waals surface area contributed by atoms with Crippen LogP contribution in [0.1, 0.15) is 13.8 Å². The first-order valence-corrected chi connectivity index (χ1v) is 3.95. The van der Waals surface area contributed by atoms with Crippen molar-refractivity contribution in [3.63, 3.8) is 0 Å². The predicted molar refractivity (Wildman–Crippen MR) is 49.6 cm³/mol. The molecule has 0 atom stereocenters. The maximum atomic E-state index is 10.7. The van der Waals surface area contributed by atoms with Crippen LogP contribution in [0.15, 0.2) is 24.4 Å². The van der Waals surface area contributed by atoms with Crippen LogP contribution in [-0.4, -0.2) is 21.6 Å². The maximum absolute atomic E-state index is 10.7. The average Bonchev–Trinajstić information content (AvgIpc) is 2.05. The Bertz CT molecular complexity index is 296. The fraction of sp³-hybridized carbons (Fsp3) is 0.333. The molecule has 0 aliphatic heterocycles. The van der Waals surface area contributed by atoms with E-state index in [9.17, 15) is 4.79 Å². The number of nitrogens with one attached hydrogen (secondary N) is 1. The van der Waals surface area contributed by atoms with Gasteiger partial charge < -0.3 is 10.4 Å². The molecule has 0 fully saturated rings. The van der Waals surface area contributed by atoms with Crippen molar-refractivity contribution in [2.45, 2.75) is 19.4 Å². The summed E-state index contributed by atoms with van der Waals surface area (Å²) in [5.74, 6) is -0.340. The summed E-state index contributed by atoms with van der Waals surface area (Å²) in [4.78, 5) is 14.7. The number of carboxylic acids is 1. The third-order valence-electron chi connectivity index (χ3n) is 1.64. The minimum Gasteiger partial charge on any atom is -0.480 e. The number of hydrogen-bond acceptors (Lipinski definition) is 3. The van der Waals surface area contributed by atoms with Crippen LogP contribution in [0.4, 0.5) is 5.82 Å². The fourth-order valence-electron chi connectivity index (χ4n) is 0.810. The first-order chi connectivity index (χ1) is 6.02. The van der Waals surface area contributed by atoms with Gasteiger partial charge in [0.1, 0.15) is 11.4 Å². The Morgan fingerprint density at radius 3 is 2.69 bits per heavy atom. The second kappa shape index (κ2) is 3.43. The molecular formula is C9H12N2O2. The summed E-state index contributed by atoms with van der Waals surface area (Å²) in [6, 6.07) is 5.30. The Hall–Kier alpha value is -1.58. The van der Waals surface area contributed by atoms with Gasteiger partial charge in [-0.2, -0.15) is 0 Å². The Morgan fingerprint density at radius 2 is 2.23 bits per heavy atom. The second-order valence-electron chi connectivity index (χ2n) is 3.27. The molecule has 13 heavy (non-hydrogen) atoms. The van der Waals surface area contributed by atoms with Crippen LogP contribution in [-0.2, 0) is 4.79 Å². The van der Waals surface area contributed by atoms with Crippen LogP contribution in [0, 0.1) is 0 Å². The van der Waals surface area contributed by atoms with Gasteiger partial charge in [-0.3, -0.25) is 0 Å². The average molecular weight is 180 g/mol. The first kappa shape index (κ1) is 9.51. The molecule has 0 aromatic carbocycles. The number of carbonyl (C=O) groups is 1. The monoisotopic (exact) mass is 180 g/mol. The molecule has 0 radical (unpaired) electrons. The molecule has 0 aliphatic carbocycles. The number of pyridine rings is 1. The van der Waals surface area contributed by atoms with E-state index in [-0.39, 0.29) is 0 Å². The van der Waals surface area contributed by atoms with Crippen molar-refractivity contribution in [3.8, 4) is 0 Å². The van der Waals surface area contributed by atoms with Gasteiger partial charge in [0.2, 0.25) is 0 Å². The number of aliphatic carboxylic acids is 1. The Morgan fingerprint density at radius 1 is 1.54 bits per heavy atom. The van der Waals surface area contributed by atoms with Crippen molar-refractivity contribution in [1.29, 1.82) is 0 Å². The molecule has 2 N–H and O–H groups in total. The van der Waals surface area contributed by atoms with Crippen molar-refractivity contribution in [2.24, 2.45) is 0 Å². The minimum absolute atomic E-state index is 0.565. The molecule has 0 amide bonds. The van der Waals surface area contributed by atoms with Gasteiger partial charge in [-0.05, 0) is 26.0 Å². The zero-order chi connectivity index (χ0) is 9.90. The Balaban J connectivity index is 2.75. The molecule has 1 rings (SSSR count). The van der Waals surface area contributed by atoms with Crippen LogP contribution in [0.5, 0.6) is 0 Å². The molecule has 0 unspecified atom stereocenters. The fourth-order valence-corrected chi connectivity index (χ4v) is 0.810. The van der Waals surface area contributed by atoms with Crippen LogP contribution < -0.4 is 5.32 Å². The number of anilines is 1. The number of rotatable bonds is 3. The van der Waals surface area contributed by atoms with E-state index in [0.717, 1.165) is 0 Å². The third-order valence-corrected chi connectivity index (χ3v) is 1.64. The van der Waals surface area contributed by atoms with E-state index in [1.54, 1.807) is 38.2 Å². The molecule has 1 heterocycles. The molecule has 4 heteroatoms. The molecule has 1 aromatic heterocycles. The van der Waals surface area contributed by atoms with E-state index in [0.29, 0.717) is 5.82 Å². The van der Waals surface area contributed by atoms with E-state index in [1.165, 1.54) is 0 Å². The smallest absolute Gasteiger partial charge is 0.328 e. The van der Waals surface area contributed by atoms with Crippen molar-refractivity contribution in [3.05, 3.63) is 24.4 Å². The number of nitrogens with zero attached hydrogens (tertiary/aromatic N) is 1. The van der Waals surface area contributed by atoms with Crippen LogP contribution in [0.3, 0.4) is 0 Å². The van der Waals surface area contributed by atoms with Gasteiger partial charge in [0.05, 0.1) is 0 Å². The zero-order valence-electron chi connectivity index (χ0n) is 7.61. The summed E-state index contributed by atoms with van der Waals surface area (Å²) >= 11 is 0. The molecule has 70 valence electrons. The molecule has 1 aromatic rings. The van der Waals surface area contributed by atoms with E-state index >= 15 is 0 Å². The zero-order valence-corrected chi connectivity index (χ0v) is 7.61. The summed E-state index contributed by atoms with van der Waals surface area (Å²) in [6.45, 7) is 3.17. The molecule has 0 aliphatic rings. The highest BCUT2D eigenvalue weighted by atomic mass is 16.4. The highest BCUT2D eigenvalue weighted by molar-refractivity contribution is 5.81. The van der Waals surface area contributed by atoms with E-state index in [1.807, 2.05) is 0 Å². The first-order valence-electron chi connectivity index (χ1n) is 3.95. The van der Waals surface area contributed by atoms with Crippen molar-refractivity contribution in [1.82, 2.24) is 4.98 Å². The van der Waals surface area contributed by atoms with Crippen LogP contribution in [0.2, 0.25) is 0 Å². The van der Waals surface area contributed by atoms with Gasteiger partial charge in [0.25, 0.3) is 0 Å². The predicted octanol–water partition coefficient (Wildman–Crippen LogP) is 1.36. The molecule has 0 saturated carbocycles. The summed E-state index contributed by atoms with van der Waals surface area (Å²) in [7, 11) is 0. The number of hydrogen-bond donors (Lipinski definition) is 2. The quantitative estimate of drug-likeness (QED) is 0.737. The standard InChI is InChI=1S/C9H12N2O2/c1-9(2,8(12)13)11-7-5-3-4-6-10-7/h3-6H,1-2H3,(H,10,11)(H,12,13). The molecule has 4 nitrogen and oxygen atoms in total. The van der Waals surface area contributed by atoms with Gasteiger partial charge in [-0.15, -0.1) is 0 Å². The SMILES string of the molecule is CC(C)(Nc1ccccn1)C(=O)O. The lowest BCUT2D eigenvalue weighted by Gasteiger charge is -2.21. The molecule has 0 bridgehead atoms. The number of aromatic nitrogens is 1. The van der Waals surface area contributed by atoms with E-state index in [4.69, 9.17) is 5.11 Å². The minimum atomic E-state index is -0.992. The van der Waals surface area contributed by atoms with Crippen molar-refractivity contribution < 1.29 is 9.90 Å². The van der Waals surface area contributed by atoms with Gasteiger partial charge in [0, 0.05) is 6.20 Å². The van der Waals surface area contributed by atoms with Gasteiger partial charge in [-0.1, -0.05) is 6.07 Å². The van der Waals surface area contributed by atoms with Crippen molar-refractivity contribution in [2.75, 3.05) is 5.32 Å². The summed E-state index contributed by atoms with van der Waals surface area (Å²) in [6.07, 6.45) is 1.61. The van der Waals surface area contributed by atoms with Crippen LogP contribution in [0.25, 0.3) is 0 Å². The normalized spacial score (nSPS) is 10.9. The van der Waals surface area contributed by atoms with E-state index in [2.05, 4.69) is 10.3 Å². The lowest BCUT2D eigenvalue weighted by molar-refractivity contribution is -0.141. The highest BCUT2D eigenvalue weighted by Gasteiger charge is 2.26. The summed E-state index contributed by atoms with van der Waals surface area (Å²) in [5, 5.41) is 11.6. The third kappa shape index (κ3) is 2.43. The number of carboxylic acid groups (broad SMARTS) is 1. The lowest BCUT2D eigenvalue weighted by Crippen LogP contribution is -2.40. The van der Waals surface area contributed by atoms with Gasteiger partial charge in [-0.25, -0.2) is 9.78 Å². The highest BCUT2D eigenvalue weighted by Crippen LogP contribution is 2.11. The second-order valence-corrected chi connectivity index (χ2v) is 3.27. The maximum Gasteiger partial charge on any atom is 0.328 e. The lowest BCUT2D eigenvalue weighted by atomic mass is 10.1. The summed E-state index contributed by atoms with van der Waals surface area (Å²) < 4.78 is 0. The largest absolute Gasteiger partial charge is 0.480 e. The Labute approximate surface area is 76.6 Å². The molecular weight excluding hydrogens is 168 g/mol. The van der Waals surface area contributed by atoms with E-state index < -0.39 is 11.5 Å².